The lowest BCUT2D eigenvalue weighted by Crippen LogP contribution is -2.11. The van der Waals surface area contributed by atoms with Crippen LogP contribution in [0, 0.1) is 0 Å². The van der Waals surface area contributed by atoms with Crippen molar-refractivity contribution in [1.82, 2.24) is 4.98 Å². The van der Waals surface area contributed by atoms with Crippen molar-refractivity contribution < 1.29 is 4.79 Å². The van der Waals surface area contributed by atoms with E-state index in [1.807, 2.05) is 6.26 Å². The predicted molar refractivity (Wildman–Crippen MR) is 65.7 cm³/mol. The molecule has 2 rings (SSSR count). The highest BCUT2D eigenvalue weighted by molar-refractivity contribution is 7.98. The Kier molecular flexibility index (Phi) is 3.64. The van der Waals surface area contributed by atoms with Gasteiger partial charge in [0, 0.05) is 23.5 Å². The summed E-state index contributed by atoms with van der Waals surface area (Å²) < 4.78 is 0. The molecule has 1 saturated carbocycles. The molecule has 1 fully saturated rings. The van der Waals surface area contributed by atoms with Crippen molar-refractivity contribution in [2.75, 3.05) is 17.3 Å². The van der Waals surface area contributed by atoms with Crippen LogP contribution in [0.5, 0.6) is 0 Å². The van der Waals surface area contributed by atoms with Crippen LogP contribution < -0.4 is 5.32 Å². The fourth-order valence-electron chi connectivity index (χ4n) is 1.29. The third-order valence-corrected chi connectivity index (χ3v) is 3.69. The number of anilines is 1. The minimum atomic E-state index is 0.0704. The Labute approximate surface area is 97.7 Å². The molecule has 0 saturated heterocycles. The number of amides is 1. The second-order valence-corrected chi connectivity index (χ2v) is 5.49. The van der Waals surface area contributed by atoms with Gasteiger partial charge in [0.05, 0.1) is 5.69 Å². The van der Waals surface area contributed by atoms with Crippen LogP contribution in [0.2, 0.25) is 0 Å². The molecule has 1 heterocycles. The van der Waals surface area contributed by atoms with Crippen molar-refractivity contribution in [3.05, 3.63) is 11.1 Å². The summed E-state index contributed by atoms with van der Waals surface area (Å²) in [5.41, 5.74) is 1.15. The molecule has 1 aliphatic rings. The van der Waals surface area contributed by atoms with E-state index in [2.05, 4.69) is 15.7 Å². The van der Waals surface area contributed by atoms with Gasteiger partial charge in [0.15, 0.2) is 5.13 Å². The van der Waals surface area contributed by atoms with Crippen molar-refractivity contribution in [1.29, 1.82) is 0 Å². The lowest BCUT2D eigenvalue weighted by atomic mass is 10.3. The molecular weight excluding hydrogens is 228 g/mol. The molecule has 1 aliphatic carbocycles. The first kappa shape index (κ1) is 11.0. The molecule has 1 amide bonds. The Morgan fingerprint density at radius 2 is 2.53 bits per heavy atom. The Morgan fingerprint density at radius 3 is 3.20 bits per heavy atom. The van der Waals surface area contributed by atoms with E-state index in [9.17, 15) is 4.79 Å². The number of thioether (sulfide) groups is 1. The maximum absolute atomic E-state index is 11.4. The van der Waals surface area contributed by atoms with Gasteiger partial charge in [-0.25, -0.2) is 4.98 Å². The van der Waals surface area contributed by atoms with Gasteiger partial charge >= 0.3 is 0 Å². The zero-order valence-corrected chi connectivity index (χ0v) is 10.3. The van der Waals surface area contributed by atoms with Crippen molar-refractivity contribution in [3.63, 3.8) is 0 Å². The summed E-state index contributed by atoms with van der Waals surface area (Å²) >= 11 is 3.21. The Hall–Kier alpha value is -0.550. The highest BCUT2D eigenvalue weighted by atomic mass is 32.2. The van der Waals surface area contributed by atoms with Crippen molar-refractivity contribution in [3.8, 4) is 0 Å². The minimum absolute atomic E-state index is 0.0704. The van der Waals surface area contributed by atoms with Crippen LogP contribution in [0.4, 0.5) is 5.13 Å². The average Bonchev–Trinajstić information content (AvgIpc) is 2.98. The predicted octanol–water partition coefficient (Wildman–Crippen LogP) is 2.71. The number of nitrogens with zero attached hydrogens (tertiary/aromatic N) is 1. The highest BCUT2D eigenvalue weighted by Crippen LogP contribution is 2.40. The van der Waals surface area contributed by atoms with Crippen LogP contribution in [-0.4, -0.2) is 22.9 Å². The van der Waals surface area contributed by atoms with Crippen LogP contribution in [0.25, 0.3) is 0 Å². The summed E-state index contributed by atoms with van der Waals surface area (Å²) in [7, 11) is 0. The maximum atomic E-state index is 11.4. The van der Waals surface area contributed by atoms with Gasteiger partial charge in [0.2, 0.25) is 5.91 Å². The fraction of sp³-hybridized carbons (Fsp3) is 0.600. The molecule has 3 nitrogen and oxygen atoms in total. The molecule has 0 bridgehead atoms. The number of aromatic nitrogens is 1. The first-order chi connectivity index (χ1) is 7.29. The molecule has 0 aliphatic heterocycles. The van der Waals surface area contributed by atoms with Gasteiger partial charge in [-0.1, -0.05) is 0 Å². The van der Waals surface area contributed by atoms with Gasteiger partial charge in [0.1, 0.15) is 0 Å². The number of carbonyl (C=O) groups excluding carboxylic acids is 1. The fourth-order valence-corrected chi connectivity index (χ4v) is 2.48. The summed E-state index contributed by atoms with van der Waals surface area (Å²) in [6.07, 6.45) is 5.08. The number of carbonyl (C=O) groups is 1. The maximum Gasteiger partial charge on any atom is 0.226 e. The molecule has 0 aromatic carbocycles. The van der Waals surface area contributed by atoms with E-state index < -0.39 is 0 Å². The highest BCUT2D eigenvalue weighted by Gasteiger charge is 2.26. The van der Waals surface area contributed by atoms with E-state index in [-0.39, 0.29) is 5.91 Å². The molecule has 0 atom stereocenters. The van der Waals surface area contributed by atoms with Gasteiger partial charge in [-0.2, -0.15) is 11.8 Å². The van der Waals surface area contributed by atoms with Gasteiger partial charge < -0.3 is 5.32 Å². The average molecular weight is 242 g/mol. The molecule has 15 heavy (non-hydrogen) atoms. The van der Waals surface area contributed by atoms with E-state index >= 15 is 0 Å². The largest absolute Gasteiger partial charge is 0.302 e. The lowest BCUT2D eigenvalue weighted by molar-refractivity contribution is -0.115. The van der Waals surface area contributed by atoms with Crippen molar-refractivity contribution >= 4 is 34.1 Å². The van der Waals surface area contributed by atoms with Crippen LogP contribution >= 0.6 is 23.1 Å². The molecule has 0 spiro atoms. The first-order valence-corrected chi connectivity index (χ1v) is 7.31. The summed E-state index contributed by atoms with van der Waals surface area (Å²) in [6.45, 7) is 0. The third-order valence-electron chi connectivity index (χ3n) is 2.30. The smallest absolute Gasteiger partial charge is 0.226 e. The topological polar surface area (TPSA) is 42.0 Å². The quantitative estimate of drug-likeness (QED) is 0.863. The Morgan fingerprint density at radius 1 is 1.73 bits per heavy atom. The summed E-state index contributed by atoms with van der Waals surface area (Å²) in [4.78, 5) is 15.8. The normalized spacial score (nSPS) is 15.3. The molecule has 1 aromatic rings. The summed E-state index contributed by atoms with van der Waals surface area (Å²) in [5, 5.41) is 5.65. The van der Waals surface area contributed by atoms with Gasteiger partial charge in [-0.3, -0.25) is 4.79 Å². The monoisotopic (exact) mass is 242 g/mol. The molecule has 0 radical (unpaired) electrons. The van der Waals surface area contributed by atoms with Gasteiger partial charge in [-0.15, -0.1) is 11.3 Å². The first-order valence-electron chi connectivity index (χ1n) is 5.04. The molecule has 0 unspecified atom stereocenters. The molecule has 5 heteroatoms. The van der Waals surface area contributed by atoms with Crippen molar-refractivity contribution in [2.45, 2.75) is 25.2 Å². The van der Waals surface area contributed by atoms with Crippen LogP contribution in [0.1, 0.15) is 30.9 Å². The number of rotatable bonds is 5. The van der Waals surface area contributed by atoms with E-state index in [0.29, 0.717) is 12.3 Å². The zero-order chi connectivity index (χ0) is 10.7. The van der Waals surface area contributed by atoms with Crippen LogP contribution in [0.15, 0.2) is 5.38 Å². The summed E-state index contributed by atoms with van der Waals surface area (Å²) in [6, 6.07) is 0. The second-order valence-electron chi connectivity index (χ2n) is 3.64. The Balaban J connectivity index is 1.84. The lowest BCUT2D eigenvalue weighted by Gasteiger charge is -1.99. The van der Waals surface area contributed by atoms with Crippen LogP contribution in [0.3, 0.4) is 0 Å². The van der Waals surface area contributed by atoms with Crippen molar-refractivity contribution in [2.24, 2.45) is 0 Å². The summed E-state index contributed by atoms with van der Waals surface area (Å²) in [5.74, 6) is 1.60. The van der Waals surface area contributed by atoms with E-state index in [4.69, 9.17) is 0 Å². The molecular formula is C10H14N2OS2. The third kappa shape index (κ3) is 3.21. The zero-order valence-electron chi connectivity index (χ0n) is 8.66. The minimum Gasteiger partial charge on any atom is -0.302 e. The molecule has 1 N–H and O–H groups in total. The van der Waals surface area contributed by atoms with Crippen LogP contribution in [-0.2, 0) is 4.79 Å². The molecule has 1 aromatic heterocycles. The molecule has 82 valence electrons. The Bertz CT molecular complexity index is 347. The number of hydrogen-bond acceptors (Lipinski definition) is 4. The van der Waals surface area contributed by atoms with Gasteiger partial charge in [-0.05, 0) is 19.1 Å². The van der Waals surface area contributed by atoms with E-state index in [1.54, 1.807) is 11.8 Å². The SMILES string of the molecule is CSCCC(=O)Nc1nc(C2CC2)cs1. The number of nitrogens with one attached hydrogen (secondary N) is 1. The number of hydrogen-bond donors (Lipinski definition) is 1. The second kappa shape index (κ2) is 4.99. The number of thiazole rings is 1. The van der Waals surface area contributed by atoms with E-state index in [0.717, 1.165) is 16.6 Å². The standard InChI is InChI=1S/C10H14N2OS2/c1-14-5-4-9(13)12-10-11-8(6-15-10)7-2-3-7/h6-7H,2-5H2,1H3,(H,11,12,13). The van der Waals surface area contributed by atoms with E-state index in [1.165, 1.54) is 24.2 Å². The van der Waals surface area contributed by atoms with Gasteiger partial charge in [0.25, 0.3) is 0 Å².